The Kier molecular flexibility index (Phi) is 3.36. The topological polar surface area (TPSA) is 3.24 Å². The second kappa shape index (κ2) is 4.09. The van der Waals surface area contributed by atoms with Gasteiger partial charge in [-0.2, -0.15) is 11.3 Å². The van der Waals surface area contributed by atoms with Crippen LogP contribution in [-0.2, 0) is 0 Å². The van der Waals surface area contributed by atoms with Gasteiger partial charge in [-0.3, -0.25) is 0 Å². The monoisotopic (exact) mass is 203 g/mol. The first-order valence-electron chi connectivity index (χ1n) is 3.11. The van der Waals surface area contributed by atoms with Crippen LogP contribution >= 0.6 is 35.3 Å². The van der Waals surface area contributed by atoms with Crippen molar-refractivity contribution in [3.05, 3.63) is 16.8 Å². The molecule has 60 valence electrons. The van der Waals surface area contributed by atoms with E-state index in [1.165, 1.54) is 4.90 Å². The third-order valence-corrected chi connectivity index (χ3v) is 3.54. The van der Waals surface area contributed by atoms with Crippen molar-refractivity contribution >= 4 is 39.6 Å². The van der Waals surface area contributed by atoms with Crippen molar-refractivity contribution in [3.63, 3.8) is 0 Å². The number of nitrogens with zero attached hydrogens (tertiary/aromatic N) is 1. The number of hydrogen-bond donors (Lipinski definition) is 0. The lowest BCUT2D eigenvalue weighted by molar-refractivity contribution is 0.648. The standard InChI is InChI=1S/C7H9NS3/c1-8(2)7(9)11-6-3-4-10-5-6/h3-5H,1-2H3. The summed E-state index contributed by atoms with van der Waals surface area (Å²) in [5.41, 5.74) is 0. The van der Waals surface area contributed by atoms with E-state index >= 15 is 0 Å². The highest BCUT2D eigenvalue weighted by molar-refractivity contribution is 8.23. The van der Waals surface area contributed by atoms with E-state index < -0.39 is 0 Å². The summed E-state index contributed by atoms with van der Waals surface area (Å²) in [6, 6.07) is 2.07. The molecule has 0 aliphatic rings. The summed E-state index contributed by atoms with van der Waals surface area (Å²) in [5.74, 6) is 0. The lowest BCUT2D eigenvalue weighted by Crippen LogP contribution is -2.15. The normalized spacial score (nSPS) is 9.64. The van der Waals surface area contributed by atoms with Crippen molar-refractivity contribution in [2.24, 2.45) is 0 Å². The van der Waals surface area contributed by atoms with E-state index in [0.717, 1.165) is 4.32 Å². The Bertz CT molecular complexity index is 228. The molecule has 1 aromatic rings. The summed E-state index contributed by atoms with van der Waals surface area (Å²) in [7, 11) is 3.92. The molecule has 1 nitrogen and oxygen atoms in total. The third kappa shape index (κ3) is 2.81. The van der Waals surface area contributed by atoms with E-state index in [-0.39, 0.29) is 0 Å². The molecule has 0 bridgehead atoms. The Morgan fingerprint density at radius 2 is 2.36 bits per heavy atom. The Morgan fingerprint density at radius 1 is 1.64 bits per heavy atom. The minimum atomic E-state index is 0.906. The molecule has 1 rings (SSSR count). The highest BCUT2D eigenvalue weighted by Crippen LogP contribution is 2.22. The van der Waals surface area contributed by atoms with Gasteiger partial charge >= 0.3 is 0 Å². The maximum Gasteiger partial charge on any atom is 0.140 e. The summed E-state index contributed by atoms with van der Waals surface area (Å²) in [4.78, 5) is 3.17. The third-order valence-electron chi connectivity index (χ3n) is 1.07. The van der Waals surface area contributed by atoms with E-state index in [4.69, 9.17) is 12.2 Å². The minimum absolute atomic E-state index is 0.906. The Labute approximate surface area is 80.4 Å². The van der Waals surface area contributed by atoms with Gasteiger partial charge < -0.3 is 4.90 Å². The summed E-state index contributed by atoms with van der Waals surface area (Å²) >= 11 is 8.44. The maximum atomic E-state index is 5.12. The van der Waals surface area contributed by atoms with E-state index in [0.29, 0.717) is 0 Å². The Hall–Kier alpha value is -0.0600. The van der Waals surface area contributed by atoms with Crippen LogP contribution in [0.5, 0.6) is 0 Å². The molecule has 11 heavy (non-hydrogen) atoms. The quantitative estimate of drug-likeness (QED) is 0.510. The van der Waals surface area contributed by atoms with Gasteiger partial charge in [0.25, 0.3) is 0 Å². The molecule has 0 unspecified atom stereocenters. The van der Waals surface area contributed by atoms with Crippen LogP contribution in [-0.4, -0.2) is 23.3 Å². The number of thiocarbonyl (C=S) groups is 1. The van der Waals surface area contributed by atoms with Gasteiger partial charge in [-0.1, -0.05) is 24.0 Å². The number of rotatable bonds is 1. The van der Waals surface area contributed by atoms with E-state index in [2.05, 4.69) is 16.8 Å². The van der Waals surface area contributed by atoms with Crippen LogP contribution in [0.4, 0.5) is 0 Å². The molecule has 1 aromatic heterocycles. The zero-order chi connectivity index (χ0) is 8.27. The predicted molar refractivity (Wildman–Crippen MR) is 56.5 cm³/mol. The molecular weight excluding hydrogens is 194 g/mol. The van der Waals surface area contributed by atoms with Gasteiger partial charge in [0, 0.05) is 24.4 Å². The molecule has 0 radical (unpaired) electrons. The fourth-order valence-electron chi connectivity index (χ4n) is 0.502. The first-order valence-corrected chi connectivity index (χ1v) is 5.28. The molecule has 0 aliphatic carbocycles. The Morgan fingerprint density at radius 3 is 2.82 bits per heavy atom. The van der Waals surface area contributed by atoms with Crippen molar-refractivity contribution in [2.75, 3.05) is 14.1 Å². The highest BCUT2D eigenvalue weighted by atomic mass is 32.2. The number of thioether (sulfide) groups is 1. The van der Waals surface area contributed by atoms with Gasteiger partial charge in [0.2, 0.25) is 0 Å². The van der Waals surface area contributed by atoms with Crippen molar-refractivity contribution in [2.45, 2.75) is 4.90 Å². The van der Waals surface area contributed by atoms with Crippen LogP contribution in [0.3, 0.4) is 0 Å². The maximum absolute atomic E-state index is 5.12. The van der Waals surface area contributed by atoms with E-state index in [1.807, 2.05) is 19.0 Å². The average molecular weight is 203 g/mol. The second-order valence-electron chi connectivity index (χ2n) is 2.22. The lowest BCUT2D eigenvalue weighted by Gasteiger charge is -2.11. The van der Waals surface area contributed by atoms with Gasteiger partial charge in [0.1, 0.15) is 4.32 Å². The van der Waals surface area contributed by atoms with Gasteiger partial charge in [-0.25, -0.2) is 0 Å². The first kappa shape index (κ1) is 9.03. The van der Waals surface area contributed by atoms with Gasteiger partial charge in [-0.15, -0.1) is 0 Å². The lowest BCUT2D eigenvalue weighted by atomic mass is 10.7. The molecule has 0 saturated carbocycles. The SMILES string of the molecule is CN(C)C(=S)Sc1ccsc1. The van der Waals surface area contributed by atoms with Crippen LogP contribution in [0.25, 0.3) is 0 Å². The van der Waals surface area contributed by atoms with Gasteiger partial charge in [0.05, 0.1) is 0 Å². The Balaban J connectivity index is 2.50. The number of hydrogen-bond acceptors (Lipinski definition) is 3. The molecule has 0 N–H and O–H groups in total. The minimum Gasteiger partial charge on any atom is -0.363 e. The van der Waals surface area contributed by atoms with Crippen molar-refractivity contribution in [1.29, 1.82) is 0 Å². The predicted octanol–water partition coefficient (Wildman–Crippen LogP) is 2.69. The molecule has 0 aromatic carbocycles. The van der Waals surface area contributed by atoms with Gasteiger partial charge in [-0.05, 0) is 11.4 Å². The highest BCUT2D eigenvalue weighted by Gasteiger charge is 2.01. The van der Waals surface area contributed by atoms with Crippen molar-refractivity contribution < 1.29 is 0 Å². The first-order chi connectivity index (χ1) is 5.20. The summed E-state index contributed by atoms with van der Waals surface area (Å²) in [6.07, 6.45) is 0. The second-order valence-corrected chi connectivity index (χ2v) is 4.71. The molecule has 0 fully saturated rings. The van der Waals surface area contributed by atoms with E-state index in [9.17, 15) is 0 Å². The molecule has 0 atom stereocenters. The largest absolute Gasteiger partial charge is 0.363 e. The fourth-order valence-corrected chi connectivity index (χ4v) is 2.27. The molecule has 0 amide bonds. The fraction of sp³-hybridized carbons (Fsp3) is 0.286. The summed E-state index contributed by atoms with van der Waals surface area (Å²) in [5, 5.41) is 4.15. The van der Waals surface area contributed by atoms with Crippen LogP contribution < -0.4 is 0 Å². The number of thiophene rings is 1. The summed E-state index contributed by atoms with van der Waals surface area (Å²) in [6.45, 7) is 0. The zero-order valence-corrected chi connectivity index (χ0v) is 8.85. The molecule has 4 heteroatoms. The van der Waals surface area contributed by atoms with Crippen LogP contribution in [0.15, 0.2) is 21.7 Å². The van der Waals surface area contributed by atoms with Crippen molar-refractivity contribution in [3.8, 4) is 0 Å². The molecule has 0 spiro atoms. The van der Waals surface area contributed by atoms with Crippen molar-refractivity contribution in [1.82, 2.24) is 4.90 Å². The zero-order valence-electron chi connectivity index (χ0n) is 6.40. The molecule has 0 aliphatic heterocycles. The van der Waals surface area contributed by atoms with E-state index in [1.54, 1.807) is 23.1 Å². The van der Waals surface area contributed by atoms with Crippen LogP contribution in [0.2, 0.25) is 0 Å². The van der Waals surface area contributed by atoms with Crippen LogP contribution in [0.1, 0.15) is 0 Å². The van der Waals surface area contributed by atoms with Gasteiger partial charge in [0.15, 0.2) is 0 Å². The average Bonchev–Trinajstić information content (AvgIpc) is 2.39. The molecule has 0 saturated heterocycles. The smallest absolute Gasteiger partial charge is 0.140 e. The molecular formula is C7H9NS3. The molecule has 1 heterocycles. The van der Waals surface area contributed by atoms with Crippen LogP contribution in [0, 0.1) is 0 Å². The summed E-state index contributed by atoms with van der Waals surface area (Å²) < 4.78 is 0.906.